The fourth-order valence-electron chi connectivity index (χ4n) is 0.351. The van der Waals surface area contributed by atoms with Gasteiger partial charge in [0.25, 0.3) is 0 Å². The molecule has 1 aliphatic rings. The minimum absolute atomic E-state index is 0. The summed E-state index contributed by atoms with van der Waals surface area (Å²) in [5, 5.41) is 0. The van der Waals surface area contributed by atoms with E-state index in [1.165, 1.54) is 0 Å². The van der Waals surface area contributed by atoms with Gasteiger partial charge in [-0.25, -0.2) is 0 Å². The van der Waals surface area contributed by atoms with Crippen LogP contribution in [0.4, 0.5) is 0 Å². The summed E-state index contributed by atoms with van der Waals surface area (Å²) in [4.78, 5) is 1.96. The van der Waals surface area contributed by atoms with Gasteiger partial charge in [0, 0.05) is 13.2 Å². The number of rotatable bonds is 0. The number of nitrogens with zero attached hydrogens (tertiary/aromatic N) is 1. The van der Waals surface area contributed by atoms with Crippen molar-refractivity contribution in [2.75, 3.05) is 13.8 Å². The molecule has 0 amide bonds. The number of hydrogen-bond acceptors (Lipinski definition) is 2. The molecule has 0 aromatic carbocycles. The average molecular weight is 109 g/mol. The Hall–Kier alpha value is 0.340. The second-order valence-corrected chi connectivity index (χ2v) is 1.34. The normalized spacial score (nSPS) is 15.9. The van der Waals surface area contributed by atoms with Gasteiger partial charge in [0.2, 0.25) is 0 Å². The summed E-state index contributed by atoms with van der Waals surface area (Å²) in [5.41, 5.74) is 0. The van der Waals surface area contributed by atoms with Crippen LogP contribution in [0, 0.1) is 0 Å². The van der Waals surface area contributed by atoms with Crippen molar-refractivity contribution in [2.24, 2.45) is 0 Å². The van der Waals surface area contributed by atoms with Crippen LogP contribution in [0.15, 0.2) is 12.5 Å². The summed E-state index contributed by atoms with van der Waals surface area (Å²) in [6, 6.07) is 0. The third kappa shape index (κ3) is 2.22. The fraction of sp³-hybridized carbons (Fsp3) is 0.500. The molecule has 0 fully saturated rings. The van der Waals surface area contributed by atoms with E-state index in [1.54, 1.807) is 6.26 Å². The van der Waals surface area contributed by atoms with E-state index < -0.39 is 0 Å². The molecule has 36 valence electrons. The third-order valence-electron chi connectivity index (χ3n) is 0.690. The molecule has 1 rings (SSSR count). The minimum atomic E-state index is 0. The second kappa shape index (κ2) is 3.36. The summed E-state index contributed by atoms with van der Waals surface area (Å²) < 4.78 is 4.80. The average Bonchev–Trinajstić information content (AvgIpc) is 1.86. The number of ether oxygens (including phenoxy) is 1. The van der Waals surface area contributed by atoms with E-state index in [2.05, 4.69) is 0 Å². The van der Waals surface area contributed by atoms with E-state index in [0.29, 0.717) is 6.73 Å². The van der Waals surface area contributed by atoms with Crippen LogP contribution in [-0.4, -0.2) is 48.2 Å². The molecule has 1 aliphatic heterocycles. The van der Waals surface area contributed by atoms with E-state index in [0.717, 1.165) is 0 Å². The van der Waals surface area contributed by atoms with Crippen LogP contribution >= 0.6 is 0 Å². The molecule has 1 heterocycles. The van der Waals surface area contributed by atoms with Crippen molar-refractivity contribution in [3.63, 3.8) is 0 Å². The predicted octanol–water partition coefficient (Wildman–Crippen LogP) is -0.271. The summed E-state index contributed by atoms with van der Waals surface area (Å²) >= 11 is 0. The standard InChI is InChI=1S/C4H7NO.Na.H/c1-5-2-3-6-4-5;;/h2-3H,4H2,1H3;;. The second-order valence-electron chi connectivity index (χ2n) is 1.34. The fourth-order valence-corrected chi connectivity index (χ4v) is 0.351. The molecule has 0 unspecified atom stereocenters. The molecule has 0 atom stereocenters. The first-order chi connectivity index (χ1) is 2.89. The van der Waals surface area contributed by atoms with Crippen molar-refractivity contribution < 1.29 is 4.74 Å². The Balaban J connectivity index is 0.000000360. The van der Waals surface area contributed by atoms with Gasteiger partial charge >= 0.3 is 29.6 Å². The molecule has 0 spiro atoms. The molecule has 0 saturated carbocycles. The Labute approximate surface area is 65.4 Å². The molecule has 0 aromatic heterocycles. The Kier molecular flexibility index (Phi) is 3.52. The third-order valence-corrected chi connectivity index (χ3v) is 0.690. The quantitative estimate of drug-likeness (QED) is 0.397. The summed E-state index contributed by atoms with van der Waals surface area (Å²) in [7, 11) is 1.96. The van der Waals surface area contributed by atoms with Gasteiger partial charge in [-0.05, 0) is 0 Å². The molecule has 7 heavy (non-hydrogen) atoms. The molecular formula is C4H8NNaO. The van der Waals surface area contributed by atoms with Gasteiger partial charge in [0.1, 0.15) is 6.26 Å². The zero-order valence-corrected chi connectivity index (χ0v) is 3.72. The summed E-state index contributed by atoms with van der Waals surface area (Å²) in [6.45, 7) is 0.708. The van der Waals surface area contributed by atoms with Gasteiger partial charge in [-0.3, -0.25) is 0 Å². The van der Waals surface area contributed by atoms with Crippen molar-refractivity contribution in [3.05, 3.63) is 12.5 Å². The molecule has 2 nitrogen and oxygen atoms in total. The molecule has 0 N–H and O–H groups in total. The Morgan fingerprint density at radius 2 is 2.43 bits per heavy atom. The first-order valence-corrected chi connectivity index (χ1v) is 1.88. The van der Waals surface area contributed by atoms with Gasteiger partial charge in [-0.2, -0.15) is 0 Å². The Morgan fingerprint density at radius 1 is 1.71 bits per heavy atom. The van der Waals surface area contributed by atoms with E-state index in [1.807, 2.05) is 18.1 Å². The van der Waals surface area contributed by atoms with Crippen LogP contribution in [0.5, 0.6) is 0 Å². The predicted molar refractivity (Wildman–Crippen MR) is 30.0 cm³/mol. The molecule has 0 bridgehead atoms. The maximum absolute atomic E-state index is 4.80. The summed E-state index contributed by atoms with van der Waals surface area (Å²) in [6.07, 6.45) is 3.57. The molecule has 0 aromatic rings. The SMILES string of the molecule is CN1C=COC1.[NaH]. The van der Waals surface area contributed by atoms with Gasteiger partial charge in [0.05, 0.1) is 0 Å². The summed E-state index contributed by atoms with van der Waals surface area (Å²) in [5.74, 6) is 0. The van der Waals surface area contributed by atoms with Crippen molar-refractivity contribution in [1.29, 1.82) is 0 Å². The van der Waals surface area contributed by atoms with Gasteiger partial charge < -0.3 is 9.64 Å². The van der Waals surface area contributed by atoms with Gasteiger partial charge in [0.15, 0.2) is 6.73 Å². The van der Waals surface area contributed by atoms with E-state index in [-0.39, 0.29) is 29.6 Å². The zero-order chi connectivity index (χ0) is 4.41. The van der Waals surface area contributed by atoms with Crippen molar-refractivity contribution in [1.82, 2.24) is 4.90 Å². The molecule has 3 heteroatoms. The topological polar surface area (TPSA) is 12.5 Å². The van der Waals surface area contributed by atoms with Crippen LogP contribution in [0.25, 0.3) is 0 Å². The van der Waals surface area contributed by atoms with Crippen LogP contribution in [0.2, 0.25) is 0 Å². The van der Waals surface area contributed by atoms with Crippen LogP contribution in [0.1, 0.15) is 0 Å². The van der Waals surface area contributed by atoms with Crippen LogP contribution in [0.3, 0.4) is 0 Å². The van der Waals surface area contributed by atoms with Crippen molar-refractivity contribution in [3.8, 4) is 0 Å². The Morgan fingerprint density at radius 3 is 2.57 bits per heavy atom. The molecule has 0 saturated heterocycles. The van der Waals surface area contributed by atoms with E-state index >= 15 is 0 Å². The van der Waals surface area contributed by atoms with E-state index in [4.69, 9.17) is 4.74 Å². The van der Waals surface area contributed by atoms with Crippen molar-refractivity contribution in [2.45, 2.75) is 0 Å². The molecule has 0 aliphatic carbocycles. The Bertz CT molecular complexity index is 74.1. The van der Waals surface area contributed by atoms with Crippen LogP contribution in [-0.2, 0) is 4.74 Å². The van der Waals surface area contributed by atoms with Gasteiger partial charge in [-0.1, -0.05) is 0 Å². The number of hydrogen-bond donors (Lipinski definition) is 0. The first kappa shape index (κ1) is 7.34. The monoisotopic (exact) mass is 109 g/mol. The maximum atomic E-state index is 4.80. The first-order valence-electron chi connectivity index (χ1n) is 1.88. The van der Waals surface area contributed by atoms with Gasteiger partial charge in [-0.15, -0.1) is 0 Å². The van der Waals surface area contributed by atoms with E-state index in [9.17, 15) is 0 Å². The van der Waals surface area contributed by atoms with Crippen LogP contribution < -0.4 is 0 Å². The molecule has 0 radical (unpaired) electrons. The molecular weight excluding hydrogens is 101 g/mol. The zero-order valence-electron chi connectivity index (χ0n) is 3.72. The van der Waals surface area contributed by atoms with Crippen molar-refractivity contribution >= 4 is 29.6 Å².